The van der Waals surface area contributed by atoms with Gasteiger partial charge in [0.05, 0.1) is 4.92 Å². The van der Waals surface area contributed by atoms with E-state index in [2.05, 4.69) is 15.9 Å². The number of nitro groups is 1. The fourth-order valence-corrected chi connectivity index (χ4v) is 1.72. The summed E-state index contributed by atoms with van der Waals surface area (Å²) < 4.78 is 0.463. The van der Waals surface area contributed by atoms with Crippen LogP contribution in [0.15, 0.2) is 22.7 Å². The molecule has 0 aliphatic heterocycles. The van der Waals surface area contributed by atoms with Gasteiger partial charge >= 0.3 is 5.97 Å². The summed E-state index contributed by atoms with van der Waals surface area (Å²) in [5.41, 5.74) is -0.521. The molecule has 0 radical (unpaired) electrons. The van der Waals surface area contributed by atoms with Crippen LogP contribution in [0.4, 0.5) is 5.69 Å². The minimum Gasteiger partial charge on any atom is -0.480 e. The van der Waals surface area contributed by atoms with E-state index in [1.165, 1.54) is 32.2 Å². The maximum atomic E-state index is 12.1. The Hall–Kier alpha value is -1.96. The van der Waals surface area contributed by atoms with E-state index in [4.69, 9.17) is 5.11 Å². The van der Waals surface area contributed by atoms with Crippen molar-refractivity contribution in [3.8, 4) is 0 Å². The first-order chi connectivity index (χ1) is 8.75. The van der Waals surface area contributed by atoms with Crippen molar-refractivity contribution in [2.75, 3.05) is 7.05 Å². The average Bonchev–Trinajstić information content (AvgIpc) is 2.35. The van der Waals surface area contributed by atoms with Crippen LogP contribution in [-0.2, 0) is 4.79 Å². The third-order valence-corrected chi connectivity index (χ3v) is 3.14. The van der Waals surface area contributed by atoms with Gasteiger partial charge in [0.1, 0.15) is 11.6 Å². The van der Waals surface area contributed by atoms with Crippen molar-refractivity contribution in [3.05, 3.63) is 38.3 Å². The number of carboxylic acid groups (broad SMARTS) is 1. The lowest BCUT2D eigenvalue weighted by molar-refractivity contribution is -0.385. The van der Waals surface area contributed by atoms with Gasteiger partial charge in [-0.05, 0) is 19.1 Å². The Morgan fingerprint density at radius 3 is 2.53 bits per heavy atom. The Morgan fingerprint density at radius 2 is 2.05 bits per heavy atom. The smallest absolute Gasteiger partial charge is 0.326 e. The number of likely N-dealkylation sites (N-methyl/N-ethyl adjacent to an activating group) is 1. The molecule has 19 heavy (non-hydrogen) atoms. The lowest BCUT2D eigenvalue weighted by atomic mass is 10.1. The zero-order valence-corrected chi connectivity index (χ0v) is 11.7. The van der Waals surface area contributed by atoms with Crippen molar-refractivity contribution < 1.29 is 19.6 Å². The number of carbonyl (C=O) groups excluding carboxylic acids is 1. The van der Waals surface area contributed by atoms with Gasteiger partial charge in [-0.15, -0.1) is 0 Å². The first-order valence-corrected chi connectivity index (χ1v) is 5.99. The quantitative estimate of drug-likeness (QED) is 0.671. The van der Waals surface area contributed by atoms with Crippen LogP contribution >= 0.6 is 15.9 Å². The molecule has 1 aromatic carbocycles. The summed E-state index contributed by atoms with van der Waals surface area (Å²) in [7, 11) is 1.28. The predicted molar refractivity (Wildman–Crippen MR) is 70.0 cm³/mol. The number of nitro benzene ring substituents is 1. The lowest BCUT2D eigenvalue weighted by Gasteiger charge is -2.21. The summed E-state index contributed by atoms with van der Waals surface area (Å²) >= 11 is 3.08. The molecular weight excluding hydrogens is 320 g/mol. The average molecular weight is 331 g/mol. The highest BCUT2D eigenvalue weighted by Crippen LogP contribution is 2.25. The number of aliphatic carboxylic acids is 1. The monoisotopic (exact) mass is 330 g/mol. The Morgan fingerprint density at radius 1 is 1.47 bits per heavy atom. The van der Waals surface area contributed by atoms with E-state index in [0.717, 1.165) is 4.90 Å². The van der Waals surface area contributed by atoms with Crippen LogP contribution in [0, 0.1) is 10.1 Å². The minimum absolute atomic E-state index is 0.149. The molecule has 1 atom stereocenters. The number of halogens is 1. The molecule has 1 aromatic rings. The molecule has 0 spiro atoms. The number of rotatable bonds is 4. The first-order valence-electron chi connectivity index (χ1n) is 5.19. The molecule has 0 aliphatic carbocycles. The van der Waals surface area contributed by atoms with Crippen LogP contribution in [0.2, 0.25) is 0 Å². The molecule has 0 bridgehead atoms. The number of hydrogen-bond acceptors (Lipinski definition) is 4. The molecule has 0 saturated heterocycles. The van der Waals surface area contributed by atoms with E-state index < -0.39 is 22.8 Å². The maximum Gasteiger partial charge on any atom is 0.326 e. The van der Waals surface area contributed by atoms with Crippen molar-refractivity contribution >= 4 is 33.5 Å². The van der Waals surface area contributed by atoms with Gasteiger partial charge in [0.2, 0.25) is 0 Å². The molecular formula is C11H11BrN2O5. The summed E-state index contributed by atoms with van der Waals surface area (Å²) in [6.07, 6.45) is 0. The van der Waals surface area contributed by atoms with E-state index >= 15 is 0 Å². The highest BCUT2D eigenvalue weighted by atomic mass is 79.9. The molecule has 1 amide bonds. The number of amides is 1. The molecule has 7 nitrogen and oxygen atoms in total. The van der Waals surface area contributed by atoms with Crippen molar-refractivity contribution in [2.45, 2.75) is 13.0 Å². The van der Waals surface area contributed by atoms with Gasteiger partial charge in [0.25, 0.3) is 11.6 Å². The van der Waals surface area contributed by atoms with Gasteiger partial charge in [-0.25, -0.2) is 4.79 Å². The summed E-state index contributed by atoms with van der Waals surface area (Å²) in [4.78, 5) is 34.0. The Balaban J connectivity index is 3.20. The van der Waals surface area contributed by atoms with Gasteiger partial charge < -0.3 is 10.0 Å². The summed E-state index contributed by atoms with van der Waals surface area (Å²) in [5, 5.41) is 19.7. The molecule has 102 valence electrons. The molecule has 0 aliphatic rings. The summed E-state index contributed by atoms with van der Waals surface area (Å²) in [5.74, 6) is -1.90. The van der Waals surface area contributed by atoms with Gasteiger partial charge in [-0.2, -0.15) is 0 Å². The van der Waals surface area contributed by atoms with Gasteiger partial charge in [-0.1, -0.05) is 15.9 Å². The molecule has 0 saturated carbocycles. The molecule has 8 heteroatoms. The maximum absolute atomic E-state index is 12.1. The lowest BCUT2D eigenvalue weighted by Crippen LogP contribution is -2.40. The second-order valence-electron chi connectivity index (χ2n) is 3.85. The van der Waals surface area contributed by atoms with Crippen molar-refractivity contribution in [1.29, 1.82) is 0 Å². The SMILES string of the molecule is CC(C(=O)O)N(C)C(=O)c1ccc(Br)cc1[N+](=O)[O-]. The van der Waals surface area contributed by atoms with Crippen LogP contribution in [-0.4, -0.2) is 39.9 Å². The highest BCUT2D eigenvalue weighted by molar-refractivity contribution is 9.10. The van der Waals surface area contributed by atoms with Crippen molar-refractivity contribution in [3.63, 3.8) is 0 Å². The fraction of sp³-hybridized carbons (Fsp3) is 0.273. The van der Waals surface area contributed by atoms with E-state index in [9.17, 15) is 19.7 Å². The van der Waals surface area contributed by atoms with Gasteiger partial charge in [0.15, 0.2) is 0 Å². The van der Waals surface area contributed by atoms with Crippen LogP contribution in [0.1, 0.15) is 17.3 Å². The molecule has 1 unspecified atom stereocenters. The molecule has 0 fully saturated rings. The second-order valence-corrected chi connectivity index (χ2v) is 4.76. The first kappa shape index (κ1) is 15.1. The summed E-state index contributed by atoms with van der Waals surface area (Å²) in [6.45, 7) is 1.32. The zero-order valence-electron chi connectivity index (χ0n) is 10.2. The number of benzene rings is 1. The van der Waals surface area contributed by atoms with Crippen LogP contribution in [0.5, 0.6) is 0 Å². The second kappa shape index (κ2) is 5.79. The van der Waals surface area contributed by atoms with E-state index in [0.29, 0.717) is 4.47 Å². The van der Waals surface area contributed by atoms with E-state index in [-0.39, 0.29) is 11.3 Å². The minimum atomic E-state index is -1.18. The topological polar surface area (TPSA) is 101 Å². The predicted octanol–water partition coefficient (Wildman–Crippen LogP) is 1.90. The zero-order chi connectivity index (χ0) is 14.7. The summed E-state index contributed by atoms with van der Waals surface area (Å²) in [6, 6.07) is 2.90. The van der Waals surface area contributed by atoms with Crippen molar-refractivity contribution in [2.24, 2.45) is 0 Å². The molecule has 0 heterocycles. The number of hydrogen-bond donors (Lipinski definition) is 1. The van der Waals surface area contributed by atoms with E-state index in [1.807, 2.05) is 0 Å². The highest BCUT2D eigenvalue weighted by Gasteiger charge is 2.28. The Labute approximate surface area is 117 Å². The number of carbonyl (C=O) groups is 2. The Bertz CT molecular complexity index is 546. The van der Waals surface area contributed by atoms with Gasteiger partial charge in [-0.3, -0.25) is 14.9 Å². The van der Waals surface area contributed by atoms with Gasteiger partial charge in [0, 0.05) is 17.6 Å². The standard InChI is InChI=1S/C11H11BrN2O5/c1-6(11(16)17)13(2)10(15)8-4-3-7(12)5-9(8)14(18)19/h3-6H,1-2H3,(H,16,17). The normalized spacial score (nSPS) is 11.7. The fourth-order valence-electron chi connectivity index (χ4n) is 1.37. The van der Waals surface area contributed by atoms with E-state index in [1.54, 1.807) is 0 Å². The molecule has 0 aromatic heterocycles. The van der Waals surface area contributed by atoms with Crippen molar-refractivity contribution in [1.82, 2.24) is 4.90 Å². The number of carboxylic acids is 1. The largest absolute Gasteiger partial charge is 0.480 e. The third kappa shape index (κ3) is 3.28. The van der Waals surface area contributed by atoms with Crippen LogP contribution < -0.4 is 0 Å². The van der Waals surface area contributed by atoms with Crippen LogP contribution in [0.25, 0.3) is 0 Å². The third-order valence-electron chi connectivity index (χ3n) is 2.65. The number of nitrogens with zero attached hydrogens (tertiary/aromatic N) is 2. The van der Waals surface area contributed by atoms with Crippen LogP contribution in [0.3, 0.4) is 0 Å². The molecule has 1 rings (SSSR count). The Kier molecular flexibility index (Phi) is 4.60. The molecule has 1 N–H and O–H groups in total.